The summed E-state index contributed by atoms with van der Waals surface area (Å²) in [6.07, 6.45) is 0.415. The van der Waals surface area contributed by atoms with E-state index in [-0.39, 0.29) is 35.7 Å². The van der Waals surface area contributed by atoms with Gasteiger partial charge in [-0.15, -0.1) is 12.4 Å². The Morgan fingerprint density at radius 2 is 2.05 bits per heavy atom. The molecule has 0 heterocycles. The summed E-state index contributed by atoms with van der Waals surface area (Å²) in [6, 6.07) is 1.64. The van der Waals surface area contributed by atoms with E-state index in [0.717, 1.165) is 12.1 Å². The topological polar surface area (TPSA) is 101 Å². The third-order valence-corrected chi connectivity index (χ3v) is 4.30. The summed E-state index contributed by atoms with van der Waals surface area (Å²) < 4.78 is 40.1. The molecule has 0 fully saturated rings. The van der Waals surface area contributed by atoms with Crippen LogP contribution in [0.4, 0.5) is 10.1 Å². The number of hydrogen-bond donors (Lipinski definition) is 3. The number of nitrogens with two attached hydrogens (primary N) is 1. The number of rotatable bonds is 6. The Balaban J connectivity index is 0.00000441. The Morgan fingerprint density at radius 1 is 1.45 bits per heavy atom. The van der Waals surface area contributed by atoms with E-state index >= 15 is 0 Å². The summed E-state index contributed by atoms with van der Waals surface area (Å²) in [4.78, 5) is 10.4. The Hall–Kier alpha value is -0.930. The van der Waals surface area contributed by atoms with Crippen molar-refractivity contribution in [1.82, 2.24) is 4.72 Å². The predicted molar refractivity (Wildman–Crippen MR) is 86.4 cm³/mol. The van der Waals surface area contributed by atoms with Crippen LogP contribution in [0.25, 0.3) is 0 Å². The molecular formula is C12H18Cl2FN3O3S. The first kappa shape index (κ1) is 21.1. The number of anilines is 1. The Bertz CT molecular complexity index is 639. The summed E-state index contributed by atoms with van der Waals surface area (Å²) in [5.74, 6) is -1.45. The van der Waals surface area contributed by atoms with Crippen LogP contribution in [0.1, 0.15) is 20.3 Å². The summed E-state index contributed by atoms with van der Waals surface area (Å²) in [5, 5.41) is 2.24. The van der Waals surface area contributed by atoms with Crippen LogP contribution in [0.5, 0.6) is 0 Å². The zero-order valence-corrected chi connectivity index (χ0v) is 14.4. The fourth-order valence-electron chi connectivity index (χ4n) is 1.52. The molecule has 1 atom stereocenters. The zero-order chi connectivity index (χ0) is 16.2. The lowest BCUT2D eigenvalue weighted by Crippen LogP contribution is -2.29. The quantitative estimate of drug-likeness (QED) is 0.708. The first-order chi connectivity index (χ1) is 9.63. The highest BCUT2D eigenvalue weighted by atomic mass is 35.5. The van der Waals surface area contributed by atoms with Gasteiger partial charge in [-0.2, -0.15) is 0 Å². The number of halogens is 3. The van der Waals surface area contributed by atoms with Gasteiger partial charge in [-0.25, -0.2) is 17.5 Å². The average Bonchev–Trinajstić information content (AvgIpc) is 2.31. The highest BCUT2D eigenvalue weighted by Gasteiger charge is 2.21. The van der Waals surface area contributed by atoms with Gasteiger partial charge in [0.25, 0.3) is 0 Å². The molecule has 0 saturated heterocycles. The second-order valence-corrected chi connectivity index (χ2v) is 6.75. The smallest absolute Gasteiger partial charge is 0.243 e. The Morgan fingerprint density at radius 3 is 2.55 bits per heavy atom. The fourth-order valence-corrected chi connectivity index (χ4v) is 2.93. The maximum atomic E-state index is 13.9. The summed E-state index contributed by atoms with van der Waals surface area (Å²) in [6.45, 7) is 3.05. The van der Waals surface area contributed by atoms with E-state index in [0.29, 0.717) is 6.42 Å². The van der Waals surface area contributed by atoms with E-state index in [1.54, 1.807) is 6.92 Å². The van der Waals surface area contributed by atoms with Crippen molar-refractivity contribution in [2.75, 3.05) is 11.9 Å². The van der Waals surface area contributed by atoms with Crippen LogP contribution in [0.2, 0.25) is 5.02 Å². The number of benzene rings is 1. The van der Waals surface area contributed by atoms with Gasteiger partial charge >= 0.3 is 0 Å². The molecule has 0 bridgehead atoms. The van der Waals surface area contributed by atoms with Gasteiger partial charge in [0.15, 0.2) is 0 Å². The van der Waals surface area contributed by atoms with E-state index in [1.165, 1.54) is 6.92 Å². The minimum absolute atomic E-state index is 0. The van der Waals surface area contributed by atoms with Gasteiger partial charge in [-0.05, 0) is 19.4 Å². The first-order valence-electron chi connectivity index (χ1n) is 6.15. The van der Waals surface area contributed by atoms with Gasteiger partial charge in [-0.1, -0.05) is 11.6 Å². The number of carbonyl (C=O) groups is 1. The van der Waals surface area contributed by atoms with Gasteiger partial charge in [-0.3, -0.25) is 4.79 Å². The van der Waals surface area contributed by atoms with E-state index in [4.69, 9.17) is 17.3 Å². The lowest BCUT2D eigenvalue weighted by molar-refractivity contribution is -0.114. The van der Waals surface area contributed by atoms with Crippen LogP contribution in [0.15, 0.2) is 17.0 Å². The maximum absolute atomic E-state index is 13.9. The van der Waals surface area contributed by atoms with Crippen molar-refractivity contribution in [3.05, 3.63) is 23.0 Å². The molecule has 0 aromatic heterocycles. The molecule has 10 heteroatoms. The molecule has 4 N–H and O–H groups in total. The molecule has 0 saturated carbocycles. The number of amides is 1. The van der Waals surface area contributed by atoms with Crippen LogP contribution >= 0.6 is 24.0 Å². The van der Waals surface area contributed by atoms with E-state index < -0.39 is 26.6 Å². The molecule has 1 aromatic carbocycles. The third-order valence-electron chi connectivity index (χ3n) is 2.51. The van der Waals surface area contributed by atoms with Gasteiger partial charge in [0.2, 0.25) is 15.9 Å². The molecule has 22 heavy (non-hydrogen) atoms. The number of carbonyl (C=O) groups excluding carboxylic acids is 1. The second kappa shape index (κ2) is 8.64. The number of hydrogen-bond acceptors (Lipinski definition) is 4. The average molecular weight is 374 g/mol. The minimum atomic E-state index is -4.03. The fraction of sp³-hybridized carbons (Fsp3) is 0.417. The van der Waals surface area contributed by atoms with Crippen molar-refractivity contribution in [3.8, 4) is 0 Å². The first-order valence-corrected chi connectivity index (χ1v) is 8.01. The lowest BCUT2D eigenvalue weighted by Gasteiger charge is -2.11. The lowest BCUT2D eigenvalue weighted by atomic mass is 10.3. The Kier molecular flexibility index (Phi) is 8.27. The predicted octanol–water partition coefficient (Wildman–Crippen LogP) is 1.87. The highest BCUT2D eigenvalue weighted by molar-refractivity contribution is 7.89. The van der Waals surface area contributed by atoms with Gasteiger partial charge in [0, 0.05) is 25.6 Å². The second-order valence-electron chi connectivity index (χ2n) is 4.61. The molecule has 6 nitrogen and oxygen atoms in total. The third kappa shape index (κ3) is 6.05. The molecule has 0 spiro atoms. The molecule has 126 valence electrons. The van der Waals surface area contributed by atoms with Crippen molar-refractivity contribution in [2.45, 2.75) is 31.2 Å². The van der Waals surface area contributed by atoms with Crippen molar-refractivity contribution < 1.29 is 17.6 Å². The zero-order valence-electron chi connectivity index (χ0n) is 12.0. The van der Waals surface area contributed by atoms with Crippen LogP contribution in [-0.4, -0.2) is 26.9 Å². The van der Waals surface area contributed by atoms with Crippen molar-refractivity contribution >= 4 is 45.6 Å². The molecule has 0 aliphatic heterocycles. The van der Waals surface area contributed by atoms with Gasteiger partial charge < -0.3 is 11.1 Å². The monoisotopic (exact) mass is 373 g/mol. The minimum Gasteiger partial charge on any atom is -0.328 e. The van der Waals surface area contributed by atoms with Gasteiger partial charge in [0.1, 0.15) is 10.7 Å². The molecule has 0 aliphatic rings. The van der Waals surface area contributed by atoms with Crippen LogP contribution < -0.4 is 15.8 Å². The maximum Gasteiger partial charge on any atom is 0.243 e. The summed E-state index contributed by atoms with van der Waals surface area (Å²) in [5.41, 5.74) is 5.52. The molecule has 0 radical (unpaired) electrons. The number of sulfonamides is 1. The molecular weight excluding hydrogens is 356 g/mol. The van der Waals surface area contributed by atoms with Crippen LogP contribution in [-0.2, 0) is 14.8 Å². The van der Waals surface area contributed by atoms with Crippen molar-refractivity contribution in [3.63, 3.8) is 0 Å². The largest absolute Gasteiger partial charge is 0.328 e. The van der Waals surface area contributed by atoms with Crippen LogP contribution in [0.3, 0.4) is 0 Å². The van der Waals surface area contributed by atoms with Crippen LogP contribution in [0, 0.1) is 5.82 Å². The molecule has 1 unspecified atom stereocenters. The Labute approximate surface area is 140 Å². The standard InChI is InChI=1S/C12H17ClFN3O3S.ClH/c1-7(15)3-4-16-21(19,20)12-5-9(13)11(6-10(12)14)17-8(2)18;/h5-7,16H,3-4,15H2,1-2H3,(H,17,18);1H. The molecule has 0 aliphatic carbocycles. The number of nitrogens with one attached hydrogen (secondary N) is 2. The molecule has 1 amide bonds. The van der Waals surface area contributed by atoms with E-state index in [2.05, 4.69) is 10.0 Å². The summed E-state index contributed by atoms with van der Waals surface area (Å²) >= 11 is 5.84. The normalized spacial score (nSPS) is 12.4. The van der Waals surface area contributed by atoms with Crippen molar-refractivity contribution in [1.29, 1.82) is 0 Å². The van der Waals surface area contributed by atoms with Gasteiger partial charge in [0.05, 0.1) is 10.7 Å². The summed E-state index contributed by atoms with van der Waals surface area (Å²) in [7, 11) is -4.03. The molecule has 1 rings (SSSR count). The van der Waals surface area contributed by atoms with Crippen molar-refractivity contribution in [2.24, 2.45) is 5.73 Å². The SMILES string of the molecule is CC(=O)Nc1cc(F)c(S(=O)(=O)NCCC(C)N)cc1Cl.Cl. The van der Waals surface area contributed by atoms with E-state index in [9.17, 15) is 17.6 Å². The van der Waals surface area contributed by atoms with E-state index in [1.807, 2.05) is 0 Å². The molecule has 1 aromatic rings. The highest BCUT2D eigenvalue weighted by Crippen LogP contribution is 2.28.